The van der Waals surface area contributed by atoms with Crippen LogP contribution in [0.25, 0.3) is 0 Å². The molecule has 0 radical (unpaired) electrons. The van der Waals surface area contributed by atoms with Crippen molar-refractivity contribution in [3.8, 4) is 0 Å². The number of nitrogens with zero attached hydrogens (tertiary/aromatic N) is 1. The number of hydrogen-bond acceptors (Lipinski definition) is 2. The molecule has 19 heavy (non-hydrogen) atoms. The van der Waals surface area contributed by atoms with E-state index >= 15 is 0 Å². The molecule has 2 N–H and O–H groups in total. The third kappa shape index (κ3) is 4.66. The van der Waals surface area contributed by atoms with Crippen molar-refractivity contribution in [2.45, 2.75) is 19.5 Å². The molecule has 0 aliphatic heterocycles. The topological polar surface area (TPSA) is 29.3 Å². The maximum Gasteiger partial charge on any atom is 0.405 e. The van der Waals surface area contributed by atoms with Crippen molar-refractivity contribution in [2.24, 2.45) is 5.73 Å². The van der Waals surface area contributed by atoms with Crippen molar-refractivity contribution in [1.82, 2.24) is 0 Å². The molecule has 106 valence electrons. The number of alkyl halides is 3. The smallest absolute Gasteiger partial charge is 0.389 e. The van der Waals surface area contributed by atoms with Gasteiger partial charge in [-0.1, -0.05) is 19.1 Å². The van der Waals surface area contributed by atoms with E-state index in [-0.39, 0.29) is 22.8 Å². The van der Waals surface area contributed by atoms with Crippen LogP contribution < -0.4 is 10.6 Å². The molecular weight excluding hydrogens is 280 g/mol. The molecule has 1 rings (SSSR count). The fourth-order valence-corrected chi connectivity index (χ4v) is 1.85. The Morgan fingerprint density at radius 1 is 1.37 bits per heavy atom. The number of rotatable bonds is 5. The fraction of sp³-hybridized carbons (Fsp3) is 0.417. The van der Waals surface area contributed by atoms with Crippen LogP contribution in [0.2, 0.25) is 0 Å². The van der Waals surface area contributed by atoms with Gasteiger partial charge in [0, 0.05) is 17.8 Å². The second-order valence-electron chi connectivity index (χ2n) is 4.07. The molecule has 0 saturated carbocycles. The lowest BCUT2D eigenvalue weighted by molar-refractivity contribution is -0.119. The lowest BCUT2D eigenvalue weighted by atomic mass is 10.1. The summed E-state index contributed by atoms with van der Waals surface area (Å²) in [5, 5.41) is 0. The Morgan fingerprint density at radius 2 is 2.00 bits per heavy atom. The average molecular weight is 294 g/mol. The van der Waals surface area contributed by atoms with E-state index in [9.17, 15) is 17.6 Å². The zero-order chi connectivity index (χ0) is 14.6. The Hall–Kier alpha value is -1.37. The third-order valence-electron chi connectivity index (χ3n) is 2.45. The first-order chi connectivity index (χ1) is 8.74. The molecule has 1 aromatic rings. The van der Waals surface area contributed by atoms with Crippen LogP contribution in [0.3, 0.4) is 0 Å². The lowest BCUT2D eigenvalue weighted by Gasteiger charge is -2.25. The number of benzene rings is 1. The maximum absolute atomic E-state index is 13.7. The number of nitrogens with two attached hydrogens (primary N) is 1. The molecule has 0 bridgehead atoms. The van der Waals surface area contributed by atoms with Crippen LogP contribution in [0.4, 0.5) is 23.2 Å². The first-order valence-corrected chi connectivity index (χ1v) is 6.06. The van der Waals surface area contributed by atoms with Crippen LogP contribution in [0.5, 0.6) is 0 Å². The van der Waals surface area contributed by atoms with Gasteiger partial charge >= 0.3 is 6.18 Å². The fourth-order valence-electron chi connectivity index (χ4n) is 1.69. The highest BCUT2D eigenvalue weighted by molar-refractivity contribution is 7.80. The molecule has 0 heterocycles. The number of thiocarbonyl (C=S) groups is 1. The standard InChI is InChI=1S/C12H14F4N2S/c1-2-5-18(7-12(14,15)16)8-3-4-9(11(17)19)10(13)6-8/h3-4,6H,2,5,7H2,1H3,(H2,17,19). The summed E-state index contributed by atoms with van der Waals surface area (Å²) in [7, 11) is 0. The van der Waals surface area contributed by atoms with Gasteiger partial charge in [0.1, 0.15) is 17.4 Å². The van der Waals surface area contributed by atoms with E-state index in [0.717, 1.165) is 11.0 Å². The maximum atomic E-state index is 13.7. The SMILES string of the molecule is CCCN(CC(F)(F)F)c1ccc(C(N)=S)c(F)c1. The van der Waals surface area contributed by atoms with Gasteiger partial charge in [0.15, 0.2) is 0 Å². The summed E-state index contributed by atoms with van der Waals surface area (Å²) < 4.78 is 51.0. The van der Waals surface area contributed by atoms with Crippen LogP contribution in [0, 0.1) is 5.82 Å². The van der Waals surface area contributed by atoms with Gasteiger partial charge in [-0.2, -0.15) is 13.2 Å². The highest BCUT2D eigenvalue weighted by Gasteiger charge is 2.30. The molecule has 2 nitrogen and oxygen atoms in total. The Kier molecular flexibility index (Phi) is 5.11. The van der Waals surface area contributed by atoms with Crippen LogP contribution in [-0.2, 0) is 0 Å². The van der Waals surface area contributed by atoms with Gasteiger partial charge < -0.3 is 10.6 Å². The quantitative estimate of drug-likeness (QED) is 0.668. The largest absolute Gasteiger partial charge is 0.405 e. The Labute approximate surface area is 114 Å². The summed E-state index contributed by atoms with van der Waals surface area (Å²) in [6.45, 7) is 0.821. The van der Waals surface area contributed by atoms with Crippen LogP contribution >= 0.6 is 12.2 Å². The van der Waals surface area contributed by atoms with Gasteiger partial charge in [0.2, 0.25) is 0 Å². The zero-order valence-electron chi connectivity index (χ0n) is 10.3. The third-order valence-corrected chi connectivity index (χ3v) is 2.67. The molecule has 0 amide bonds. The molecule has 0 atom stereocenters. The first-order valence-electron chi connectivity index (χ1n) is 5.65. The first kappa shape index (κ1) is 15.7. The molecule has 0 spiro atoms. The summed E-state index contributed by atoms with van der Waals surface area (Å²) >= 11 is 4.64. The minimum atomic E-state index is -4.34. The van der Waals surface area contributed by atoms with Crippen molar-refractivity contribution >= 4 is 22.9 Å². The average Bonchev–Trinajstić information content (AvgIpc) is 2.26. The predicted molar refractivity (Wildman–Crippen MR) is 70.8 cm³/mol. The van der Waals surface area contributed by atoms with E-state index in [0.29, 0.717) is 6.42 Å². The normalized spacial score (nSPS) is 11.4. The van der Waals surface area contributed by atoms with E-state index in [1.54, 1.807) is 6.92 Å². The van der Waals surface area contributed by atoms with Gasteiger partial charge in [-0.05, 0) is 24.6 Å². The number of hydrogen-bond donors (Lipinski definition) is 1. The highest BCUT2D eigenvalue weighted by Crippen LogP contribution is 2.24. The Morgan fingerprint density at radius 3 is 2.42 bits per heavy atom. The molecule has 7 heteroatoms. The van der Waals surface area contributed by atoms with Gasteiger partial charge in [0.05, 0.1) is 0 Å². The van der Waals surface area contributed by atoms with Gasteiger partial charge in [-0.3, -0.25) is 0 Å². The molecule has 0 aliphatic carbocycles. The van der Waals surface area contributed by atoms with Crippen LogP contribution in [0.1, 0.15) is 18.9 Å². The van der Waals surface area contributed by atoms with Crippen molar-refractivity contribution in [2.75, 3.05) is 18.0 Å². The second-order valence-corrected chi connectivity index (χ2v) is 4.50. The van der Waals surface area contributed by atoms with E-state index in [1.165, 1.54) is 12.1 Å². The molecule has 0 saturated heterocycles. The minimum Gasteiger partial charge on any atom is -0.389 e. The summed E-state index contributed by atoms with van der Waals surface area (Å²) in [5.41, 5.74) is 5.49. The van der Waals surface area contributed by atoms with Gasteiger partial charge in [-0.15, -0.1) is 0 Å². The monoisotopic (exact) mass is 294 g/mol. The van der Waals surface area contributed by atoms with Crippen molar-refractivity contribution in [1.29, 1.82) is 0 Å². The van der Waals surface area contributed by atoms with Crippen molar-refractivity contribution in [3.63, 3.8) is 0 Å². The summed E-state index contributed by atoms with van der Waals surface area (Å²) in [6, 6.07) is 3.71. The van der Waals surface area contributed by atoms with E-state index in [2.05, 4.69) is 12.2 Å². The van der Waals surface area contributed by atoms with Gasteiger partial charge in [0.25, 0.3) is 0 Å². The van der Waals surface area contributed by atoms with E-state index in [4.69, 9.17) is 5.73 Å². The Bertz CT molecular complexity index is 460. The van der Waals surface area contributed by atoms with Gasteiger partial charge in [-0.25, -0.2) is 4.39 Å². The molecule has 0 unspecified atom stereocenters. The van der Waals surface area contributed by atoms with Crippen LogP contribution in [-0.4, -0.2) is 24.3 Å². The Balaban J connectivity index is 3.03. The zero-order valence-corrected chi connectivity index (χ0v) is 11.1. The molecule has 0 aromatic heterocycles. The predicted octanol–water partition coefficient (Wildman–Crippen LogP) is 3.24. The number of anilines is 1. The summed E-state index contributed by atoms with van der Waals surface area (Å²) in [4.78, 5) is 0.953. The van der Waals surface area contributed by atoms with Crippen LogP contribution in [0.15, 0.2) is 18.2 Å². The molecule has 0 aliphatic rings. The minimum absolute atomic E-state index is 0.0298. The van der Waals surface area contributed by atoms with E-state index in [1.807, 2.05) is 0 Å². The molecule has 1 aromatic carbocycles. The summed E-state index contributed by atoms with van der Waals surface area (Å²) in [6.07, 6.45) is -3.82. The summed E-state index contributed by atoms with van der Waals surface area (Å²) in [5.74, 6) is -0.715. The highest BCUT2D eigenvalue weighted by atomic mass is 32.1. The molecular formula is C12H14F4N2S. The number of halogens is 4. The second kappa shape index (κ2) is 6.18. The molecule has 0 fully saturated rings. The van der Waals surface area contributed by atoms with Crippen molar-refractivity contribution in [3.05, 3.63) is 29.6 Å². The lowest BCUT2D eigenvalue weighted by Crippen LogP contribution is -2.35. The van der Waals surface area contributed by atoms with E-state index < -0.39 is 18.5 Å². The van der Waals surface area contributed by atoms with Crippen molar-refractivity contribution < 1.29 is 17.6 Å².